The van der Waals surface area contributed by atoms with Crippen LogP contribution >= 0.6 is 0 Å². The molecule has 16 heavy (non-hydrogen) atoms. The molecule has 1 unspecified atom stereocenters. The molecule has 84 valence electrons. The molecule has 0 radical (unpaired) electrons. The van der Waals surface area contributed by atoms with E-state index in [-0.39, 0.29) is 6.04 Å². The minimum absolute atomic E-state index is 0.0147. The predicted octanol–water partition coefficient (Wildman–Crippen LogP) is 1.55. The van der Waals surface area contributed by atoms with Gasteiger partial charge in [-0.3, -0.25) is 0 Å². The zero-order valence-corrected chi connectivity index (χ0v) is 8.82. The van der Waals surface area contributed by atoms with Crippen molar-refractivity contribution in [2.45, 2.75) is 18.9 Å². The first-order chi connectivity index (χ1) is 7.81. The summed E-state index contributed by atoms with van der Waals surface area (Å²) in [6.07, 6.45) is 5.40. The number of halogens is 1. The van der Waals surface area contributed by atoms with Crippen molar-refractivity contribution in [3.63, 3.8) is 0 Å². The number of carbonyl (C=O) groups is 1. The summed E-state index contributed by atoms with van der Waals surface area (Å²) in [4.78, 5) is 14.1. The van der Waals surface area contributed by atoms with Gasteiger partial charge in [0.2, 0.25) is 5.95 Å². The van der Waals surface area contributed by atoms with Crippen LogP contribution in [0.4, 0.5) is 4.39 Å². The molecular formula is C12H13FN2O. The molecule has 0 bridgehead atoms. The van der Waals surface area contributed by atoms with Gasteiger partial charge in [0.1, 0.15) is 6.29 Å². The largest absolute Gasteiger partial charge is 0.310 e. The highest BCUT2D eigenvalue weighted by Crippen LogP contribution is 2.23. The van der Waals surface area contributed by atoms with Crippen LogP contribution in [0.1, 0.15) is 18.4 Å². The normalized spacial score (nSPS) is 20.3. The third kappa shape index (κ3) is 2.33. The summed E-state index contributed by atoms with van der Waals surface area (Å²) in [5.74, 6) is -0.444. The summed E-state index contributed by atoms with van der Waals surface area (Å²) in [5.41, 5.74) is 1.47. The van der Waals surface area contributed by atoms with Crippen LogP contribution in [0, 0.1) is 5.95 Å². The van der Waals surface area contributed by atoms with Crippen LogP contribution in [0.2, 0.25) is 0 Å². The first kappa shape index (κ1) is 11.0. The molecule has 0 aromatic carbocycles. The summed E-state index contributed by atoms with van der Waals surface area (Å²) in [6.45, 7) is 0.763. The van der Waals surface area contributed by atoms with Gasteiger partial charge in [0.25, 0.3) is 0 Å². The van der Waals surface area contributed by atoms with Gasteiger partial charge in [0.15, 0.2) is 0 Å². The average Bonchev–Trinajstić information content (AvgIpc) is 2.30. The molecule has 1 aromatic rings. The Bertz CT molecular complexity index is 417. The molecule has 2 heterocycles. The van der Waals surface area contributed by atoms with Crippen molar-refractivity contribution in [3.05, 3.63) is 35.9 Å². The van der Waals surface area contributed by atoms with Crippen molar-refractivity contribution < 1.29 is 9.18 Å². The summed E-state index contributed by atoms with van der Waals surface area (Å²) in [5, 5.41) is 3.19. The van der Waals surface area contributed by atoms with Gasteiger partial charge in [0.05, 0.1) is 0 Å². The van der Waals surface area contributed by atoms with Crippen LogP contribution in [-0.4, -0.2) is 23.9 Å². The molecule has 1 aliphatic rings. The van der Waals surface area contributed by atoms with Crippen LogP contribution < -0.4 is 5.32 Å². The van der Waals surface area contributed by atoms with Gasteiger partial charge in [0, 0.05) is 24.2 Å². The molecule has 0 aliphatic carbocycles. The number of nitrogens with zero attached hydrogens (tertiary/aromatic N) is 1. The Labute approximate surface area is 93.4 Å². The first-order valence-electron chi connectivity index (χ1n) is 5.30. The molecule has 4 heteroatoms. The highest BCUT2D eigenvalue weighted by Gasteiger charge is 2.16. The van der Waals surface area contributed by atoms with Gasteiger partial charge >= 0.3 is 0 Å². The maximum Gasteiger partial charge on any atom is 0.220 e. The lowest BCUT2D eigenvalue weighted by molar-refractivity contribution is -0.108. The minimum atomic E-state index is -0.444. The third-order valence-electron chi connectivity index (χ3n) is 2.66. The van der Waals surface area contributed by atoms with Crippen molar-refractivity contribution in [2.75, 3.05) is 6.54 Å². The SMILES string of the molecule is O=CCC1C=C(c2cccnc2F)CCN1. The molecule has 0 saturated carbocycles. The van der Waals surface area contributed by atoms with Crippen LogP contribution in [0.25, 0.3) is 5.57 Å². The van der Waals surface area contributed by atoms with E-state index in [9.17, 15) is 9.18 Å². The summed E-state index contributed by atoms with van der Waals surface area (Å²) < 4.78 is 13.4. The molecule has 1 aliphatic heterocycles. The topological polar surface area (TPSA) is 42.0 Å². The molecule has 3 nitrogen and oxygen atoms in total. The van der Waals surface area contributed by atoms with Crippen molar-refractivity contribution in [1.82, 2.24) is 10.3 Å². The number of pyridine rings is 1. The third-order valence-corrected chi connectivity index (χ3v) is 2.66. The maximum atomic E-state index is 13.4. The number of aromatic nitrogens is 1. The number of rotatable bonds is 3. The Morgan fingerprint density at radius 1 is 1.62 bits per heavy atom. The molecule has 0 spiro atoms. The van der Waals surface area contributed by atoms with E-state index < -0.39 is 5.95 Å². The number of nitrogens with one attached hydrogen (secondary N) is 1. The van der Waals surface area contributed by atoms with Gasteiger partial charge in [-0.1, -0.05) is 6.08 Å². The zero-order chi connectivity index (χ0) is 11.4. The quantitative estimate of drug-likeness (QED) is 0.621. The van der Waals surface area contributed by atoms with E-state index in [0.717, 1.165) is 24.8 Å². The lowest BCUT2D eigenvalue weighted by atomic mass is 9.97. The average molecular weight is 220 g/mol. The number of hydrogen-bond acceptors (Lipinski definition) is 3. The van der Waals surface area contributed by atoms with Crippen molar-refractivity contribution in [2.24, 2.45) is 0 Å². The summed E-state index contributed by atoms with van der Waals surface area (Å²) >= 11 is 0. The Hall–Kier alpha value is -1.55. The number of aldehydes is 1. The molecule has 1 atom stereocenters. The second kappa shape index (κ2) is 4.99. The van der Waals surface area contributed by atoms with E-state index in [4.69, 9.17) is 0 Å². The van der Waals surface area contributed by atoms with Crippen molar-refractivity contribution >= 4 is 11.9 Å². The maximum absolute atomic E-state index is 13.4. The van der Waals surface area contributed by atoms with Gasteiger partial charge in [-0.15, -0.1) is 0 Å². The van der Waals surface area contributed by atoms with Gasteiger partial charge in [-0.2, -0.15) is 4.39 Å². The van der Waals surface area contributed by atoms with Crippen molar-refractivity contribution in [3.8, 4) is 0 Å². The molecular weight excluding hydrogens is 207 g/mol. The second-order valence-corrected chi connectivity index (χ2v) is 3.75. The molecule has 2 rings (SSSR count). The van der Waals surface area contributed by atoms with Gasteiger partial charge in [-0.25, -0.2) is 4.98 Å². The molecule has 1 aromatic heterocycles. The summed E-state index contributed by atoms with van der Waals surface area (Å²) in [7, 11) is 0. The number of hydrogen-bond donors (Lipinski definition) is 1. The van der Waals surface area contributed by atoms with E-state index in [1.165, 1.54) is 6.20 Å². The van der Waals surface area contributed by atoms with E-state index in [1.807, 2.05) is 6.08 Å². The van der Waals surface area contributed by atoms with E-state index in [1.54, 1.807) is 12.1 Å². The fourth-order valence-electron chi connectivity index (χ4n) is 1.88. The van der Waals surface area contributed by atoms with Crippen LogP contribution in [0.5, 0.6) is 0 Å². The fraction of sp³-hybridized carbons (Fsp3) is 0.333. The number of carbonyl (C=O) groups excluding carboxylic acids is 1. The highest BCUT2D eigenvalue weighted by molar-refractivity contribution is 5.67. The van der Waals surface area contributed by atoms with Crippen LogP contribution in [-0.2, 0) is 4.79 Å². The van der Waals surface area contributed by atoms with Gasteiger partial charge < -0.3 is 10.1 Å². The molecule has 1 N–H and O–H groups in total. The Balaban J connectivity index is 2.26. The minimum Gasteiger partial charge on any atom is -0.310 e. The molecule has 0 amide bonds. The van der Waals surface area contributed by atoms with E-state index >= 15 is 0 Å². The second-order valence-electron chi connectivity index (χ2n) is 3.75. The summed E-state index contributed by atoms with van der Waals surface area (Å²) in [6, 6.07) is 3.45. The monoisotopic (exact) mass is 220 g/mol. The van der Waals surface area contributed by atoms with Crippen LogP contribution in [0.3, 0.4) is 0 Å². The fourth-order valence-corrected chi connectivity index (χ4v) is 1.88. The Kier molecular flexibility index (Phi) is 3.41. The van der Waals surface area contributed by atoms with E-state index in [2.05, 4.69) is 10.3 Å². The zero-order valence-electron chi connectivity index (χ0n) is 8.82. The van der Waals surface area contributed by atoms with Crippen molar-refractivity contribution in [1.29, 1.82) is 0 Å². The smallest absolute Gasteiger partial charge is 0.220 e. The van der Waals surface area contributed by atoms with Gasteiger partial charge in [-0.05, 0) is 30.7 Å². The molecule has 0 fully saturated rings. The first-order valence-corrected chi connectivity index (χ1v) is 5.30. The molecule has 0 saturated heterocycles. The lowest BCUT2D eigenvalue weighted by Crippen LogP contribution is -2.32. The Morgan fingerprint density at radius 2 is 2.50 bits per heavy atom. The van der Waals surface area contributed by atoms with E-state index in [0.29, 0.717) is 12.0 Å². The lowest BCUT2D eigenvalue weighted by Gasteiger charge is -2.21. The predicted molar refractivity (Wildman–Crippen MR) is 59.3 cm³/mol. The highest BCUT2D eigenvalue weighted by atomic mass is 19.1. The standard InChI is InChI=1S/C12H13FN2O/c13-12-11(2-1-5-15-12)9-3-6-14-10(8-9)4-7-16/h1-2,5,7-8,10,14H,3-4,6H2. The Morgan fingerprint density at radius 3 is 3.25 bits per heavy atom. The van der Waals surface area contributed by atoms with Crippen LogP contribution in [0.15, 0.2) is 24.4 Å².